The van der Waals surface area contributed by atoms with E-state index in [4.69, 9.17) is 9.72 Å². The van der Waals surface area contributed by atoms with Crippen molar-refractivity contribution in [2.45, 2.75) is 18.9 Å². The number of imidazole rings is 1. The summed E-state index contributed by atoms with van der Waals surface area (Å²) in [7, 11) is 3.55. The Morgan fingerprint density at radius 3 is 2.90 bits per heavy atom. The average molecular weight is 273 g/mol. The van der Waals surface area contributed by atoms with E-state index in [0.29, 0.717) is 13.0 Å². The maximum absolute atomic E-state index is 11.8. The van der Waals surface area contributed by atoms with Gasteiger partial charge in [0, 0.05) is 39.6 Å². The lowest BCUT2D eigenvalue weighted by Crippen LogP contribution is -2.19. The molecule has 1 amide bonds. The van der Waals surface area contributed by atoms with Crippen molar-refractivity contribution in [3.05, 3.63) is 30.1 Å². The number of likely N-dealkylation sites (N-methyl/N-ethyl adjacent to an activating group) is 1. The van der Waals surface area contributed by atoms with Crippen LogP contribution >= 0.6 is 0 Å². The van der Waals surface area contributed by atoms with E-state index in [1.54, 1.807) is 12.0 Å². The van der Waals surface area contributed by atoms with Crippen molar-refractivity contribution in [1.29, 1.82) is 0 Å². The summed E-state index contributed by atoms with van der Waals surface area (Å²) in [5.74, 6) is 1.37. The predicted molar refractivity (Wildman–Crippen MR) is 76.6 cm³/mol. The number of carbonyl (C=O) groups is 1. The number of rotatable bonds is 4. The van der Waals surface area contributed by atoms with Crippen LogP contribution in [0.25, 0.3) is 11.0 Å². The van der Waals surface area contributed by atoms with Crippen molar-refractivity contribution in [2.75, 3.05) is 27.3 Å². The first-order valence-corrected chi connectivity index (χ1v) is 6.88. The van der Waals surface area contributed by atoms with Crippen LogP contribution in [0.4, 0.5) is 0 Å². The largest absolute Gasteiger partial charge is 0.383 e. The minimum absolute atomic E-state index is 0.178. The van der Waals surface area contributed by atoms with Gasteiger partial charge in [0.2, 0.25) is 5.91 Å². The van der Waals surface area contributed by atoms with Crippen LogP contribution in [-0.4, -0.2) is 47.7 Å². The van der Waals surface area contributed by atoms with E-state index in [-0.39, 0.29) is 11.8 Å². The second-order valence-corrected chi connectivity index (χ2v) is 5.28. The molecule has 0 aliphatic carbocycles. The van der Waals surface area contributed by atoms with E-state index in [1.165, 1.54) is 0 Å². The SMILES string of the molecule is COCCn1c([C@H]2CC(=O)N(C)C2)nc2ccccc21. The van der Waals surface area contributed by atoms with E-state index < -0.39 is 0 Å². The highest BCUT2D eigenvalue weighted by Crippen LogP contribution is 2.29. The minimum atomic E-state index is 0.178. The number of nitrogens with zero attached hydrogens (tertiary/aromatic N) is 3. The average Bonchev–Trinajstić information content (AvgIpc) is 2.98. The number of hydrogen-bond acceptors (Lipinski definition) is 3. The van der Waals surface area contributed by atoms with Gasteiger partial charge in [0.05, 0.1) is 17.6 Å². The molecule has 0 spiro atoms. The van der Waals surface area contributed by atoms with Gasteiger partial charge in [0.15, 0.2) is 0 Å². The molecule has 5 heteroatoms. The summed E-state index contributed by atoms with van der Waals surface area (Å²) in [5, 5.41) is 0. The van der Waals surface area contributed by atoms with Crippen LogP contribution < -0.4 is 0 Å². The van der Waals surface area contributed by atoms with Gasteiger partial charge >= 0.3 is 0 Å². The highest BCUT2D eigenvalue weighted by molar-refractivity contribution is 5.80. The van der Waals surface area contributed by atoms with Crippen LogP contribution in [-0.2, 0) is 16.1 Å². The molecule has 1 atom stereocenters. The van der Waals surface area contributed by atoms with Gasteiger partial charge in [0.1, 0.15) is 5.82 Å². The van der Waals surface area contributed by atoms with E-state index in [1.807, 2.05) is 25.2 Å². The van der Waals surface area contributed by atoms with Crippen molar-refractivity contribution in [3.63, 3.8) is 0 Å². The predicted octanol–water partition coefficient (Wildman–Crippen LogP) is 1.63. The quantitative estimate of drug-likeness (QED) is 0.850. The van der Waals surface area contributed by atoms with Gasteiger partial charge < -0.3 is 14.2 Å². The van der Waals surface area contributed by atoms with Crippen molar-refractivity contribution in [1.82, 2.24) is 14.5 Å². The molecule has 3 rings (SSSR count). The van der Waals surface area contributed by atoms with Crippen LogP contribution in [0.1, 0.15) is 18.2 Å². The molecule has 106 valence electrons. The van der Waals surface area contributed by atoms with Crippen LogP contribution in [0.2, 0.25) is 0 Å². The molecule has 2 heterocycles. The molecule has 0 unspecified atom stereocenters. The number of benzene rings is 1. The Labute approximate surface area is 118 Å². The van der Waals surface area contributed by atoms with Gasteiger partial charge in [-0.05, 0) is 12.1 Å². The molecule has 20 heavy (non-hydrogen) atoms. The fourth-order valence-electron chi connectivity index (χ4n) is 2.86. The van der Waals surface area contributed by atoms with Crippen LogP contribution in [0.5, 0.6) is 0 Å². The number of amides is 1. The van der Waals surface area contributed by atoms with Crippen LogP contribution in [0.3, 0.4) is 0 Å². The monoisotopic (exact) mass is 273 g/mol. The molecule has 1 saturated heterocycles. The zero-order valence-corrected chi connectivity index (χ0v) is 11.9. The Kier molecular flexibility index (Phi) is 3.44. The number of fused-ring (bicyclic) bond motifs is 1. The Morgan fingerprint density at radius 1 is 1.40 bits per heavy atom. The first-order chi connectivity index (χ1) is 9.70. The smallest absolute Gasteiger partial charge is 0.223 e. The molecule has 1 aromatic heterocycles. The first-order valence-electron chi connectivity index (χ1n) is 6.88. The number of aromatic nitrogens is 2. The summed E-state index contributed by atoms with van der Waals surface area (Å²) in [4.78, 5) is 18.3. The number of likely N-dealkylation sites (tertiary alicyclic amines) is 1. The Morgan fingerprint density at radius 2 is 2.20 bits per heavy atom. The maximum Gasteiger partial charge on any atom is 0.223 e. The van der Waals surface area contributed by atoms with Crippen molar-refractivity contribution in [2.24, 2.45) is 0 Å². The molecule has 0 N–H and O–H groups in total. The standard InChI is InChI=1S/C15H19N3O2/c1-17-10-11(9-14(17)19)15-16-12-5-3-4-6-13(12)18(15)7-8-20-2/h3-6,11H,7-10H2,1-2H3/t11-/m0/s1. The zero-order chi connectivity index (χ0) is 14.1. The molecule has 1 aliphatic rings. The second kappa shape index (κ2) is 5.25. The summed E-state index contributed by atoms with van der Waals surface area (Å²) in [5.41, 5.74) is 2.10. The summed E-state index contributed by atoms with van der Waals surface area (Å²) in [6.07, 6.45) is 0.548. The van der Waals surface area contributed by atoms with Gasteiger partial charge in [-0.2, -0.15) is 0 Å². The van der Waals surface area contributed by atoms with Gasteiger partial charge in [-0.15, -0.1) is 0 Å². The lowest BCUT2D eigenvalue weighted by molar-refractivity contribution is -0.126. The molecular weight excluding hydrogens is 254 g/mol. The minimum Gasteiger partial charge on any atom is -0.383 e. The fraction of sp³-hybridized carbons (Fsp3) is 0.467. The molecular formula is C15H19N3O2. The molecule has 1 aromatic carbocycles. The number of ether oxygens (including phenoxy) is 1. The van der Waals surface area contributed by atoms with Crippen molar-refractivity contribution < 1.29 is 9.53 Å². The van der Waals surface area contributed by atoms with Gasteiger partial charge in [-0.1, -0.05) is 12.1 Å². The lowest BCUT2D eigenvalue weighted by atomic mass is 10.1. The molecule has 0 saturated carbocycles. The molecule has 1 fully saturated rings. The van der Waals surface area contributed by atoms with Crippen molar-refractivity contribution in [3.8, 4) is 0 Å². The third kappa shape index (κ3) is 2.18. The molecule has 5 nitrogen and oxygen atoms in total. The van der Waals surface area contributed by atoms with E-state index in [9.17, 15) is 4.79 Å². The van der Waals surface area contributed by atoms with E-state index in [2.05, 4.69) is 10.6 Å². The molecule has 0 radical (unpaired) electrons. The third-order valence-electron chi connectivity index (χ3n) is 3.91. The maximum atomic E-state index is 11.8. The summed E-state index contributed by atoms with van der Waals surface area (Å²) >= 11 is 0. The Balaban J connectivity index is 2.02. The Hall–Kier alpha value is -1.88. The van der Waals surface area contributed by atoms with Gasteiger partial charge in [-0.3, -0.25) is 4.79 Å². The molecule has 0 bridgehead atoms. The zero-order valence-electron chi connectivity index (χ0n) is 11.9. The summed E-state index contributed by atoms with van der Waals surface area (Å²) < 4.78 is 7.39. The molecule has 2 aromatic rings. The summed E-state index contributed by atoms with van der Waals surface area (Å²) in [6.45, 7) is 2.15. The van der Waals surface area contributed by atoms with Crippen LogP contribution in [0, 0.1) is 0 Å². The fourth-order valence-corrected chi connectivity index (χ4v) is 2.86. The normalized spacial score (nSPS) is 19.2. The first kappa shape index (κ1) is 13.1. The van der Waals surface area contributed by atoms with E-state index >= 15 is 0 Å². The highest BCUT2D eigenvalue weighted by atomic mass is 16.5. The topological polar surface area (TPSA) is 47.4 Å². The van der Waals surface area contributed by atoms with Gasteiger partial charge in [-0.25, -0.2) is 4.98 Å². The number of methoxy groups -OCH3 is 1. The van der Waals surface area contributed by atoms with Crippen molar-refractivity contribution >= 4 is 16.9 Å². The third-order valence-corrected chi connectivity index (χ3v) is 3.91. The number of para-hydroxylation sites is 2. The Bertz CT molecular complexity index is 635. The highest BCUT2D eigenvalue weighted by Gasteiger charge is 2.31. The number of carbonyl (C=O) groups excluding carboxylic acids is 1. The molecule has 1 aliphatic heterocycles. The van der Waals surface area contributed by atoms with E-state index in [0.717, 1.165) is 29.9 Å². The second-order valence-electron chi connectivity index (χ2n) is 5.28. The summed E-state index contributed by atoms with van der Waals surface area (Å²) in [6, 6.07) is 8.10. The lowest BCUT2D eigenvalue weighted by Gasteiger charge is -2.13. The van der Waals surface area contributed by atoms with Crippen LogP contribution in [0.15, 0.2) is 24.3 Å². The number of hydrogen-bond donors (Lipinski definition) is 0. The van der Waals surface area contributed by atoms with Gasteiger partial charge in [0.25, 0.3) is 0 Å².